The van der Waals surface area contributed by atoms with E-state index in [0.717, 1.165) is 16.8 Å². The van der Waals surface area contributed by atoms with Crippen molar-refractivity contribution in [2.45, 2.75) is 6.10 Å². The number of hydrogen-bond acceptors (Lipinski definition) is 6. The van der Waals surface area contributed by atoms with Gasteiger partial charge < -0.3 is 9.64 Å². The molecular weight excluding hydrogens is 392 g/mol. The van der Waals surface area contributed by atoms with E-state index in [1.807, 2.05) is 41.2 Å². The van der Waals surface area contributed by atoms with Crippen molar-refractivity contribution in [1.29, 1.82) is 0 Å². The van der Waals surface area contributed by atoms with Gasteiger partial charge in [-0.2, -0.15) is 5.10 Å². The Bertz CT molecular complexity index is 1220. The molecule has 156 valence electrons. The largest absolute Gasteiger partial charge is 0.370 e. The molecule has 0 N–H and O–H groups in total. The number of pyridine rings is 1. The molecule has 0 amide bonds. The number of morpholine rings is 1. The lowest BCUT2D eigenvalue weighted by atomic mass is 10.1. The van der Waals surface area contributed by atoms with Gasteiger partial charge in [-0.25, -0.2) is 9.67 Å². The zero-order chi connectivity index (χ0) is 21.2. The summed E-state index contributed by atoms with van der Waals surface area (Å²) in [6.07, 6.45) is 6.96. The van der Waals surface area contributed by atoms with Gasteiger partial charge in [-0.15, -0.1) is 0 Å². The zero-order valence-electron chi connectivity index (χ0n) is 17.1. The van der Waals surface area contributed by atoms with Crippen LogP contribution in [0, 0.1) is 0 Å². The molecule has 8 nitrogen and oxygen atoms in total. The first-order valence-corrected chi connectivity index (χ1v) is 10.1. The number of anilines is 1. The Morgan fingerprint density at radius 2 is 1.87 bits per heavy atom. The molecule has 8 heteroatoms. The van der Waals surface area contributed by atoms with Crippen LogP contribution in [0.1, 0.15) is 11.7 Å². The number of hydrogen-bond donors (Lipinski definition) is 0. The molecule has 1 fully saturated rings. The highest BCUT2D eigenvalue weighted by atomic mass is 16.5. The summed E-state index contributed by atoms with van der Waals surface area (Å²) in [5.74, 6) is 0.640. The van der Waals surface area contributed by atoms with Crippen LogP contribution < -0.4 is 10.5 Å². The van der Waals surface area contributed by atoms with Crippen LogP contribution in [0.5, 0.6) is 0 Å². The van der Waals surface area contributed by atoms with Gasteiger partial charge in [0.15, 0.2) is 0 Å². The smallest absolute Gasteiger partial charge is 0.255 e. The molecular formula is C23H22N6O2. The van der Waals surface area contributed by atoms with Crippen LogP contribution in [0.15, 0.2) is 78.1 Å². The maximum Gasteiger partial charge on any atom is 0.255 e. The van der Waals surface area contributed by atoms with Crippen molar-refractivity contribution in [3.8, 4) is 16.9 Å². The van der Waals surface area contributed by atoms with Crippen molar-refractivity contribution >= 4 is 5.95 Å². The third-order valence-corrected chi connectivity index (χ3v) is 5.47. The second-order valence-electron chi connectivity index (χ2n) is 7.42. The van der Waals surface area contributed by atoms with E-state index in [1.165, 1.54) is 0 Å². The molecule has 1 saturated heterocycles. The lowest BCUT2D eigenvalue weighted by Gasteiger charge is -2.34. The Hall–Kier alpha value is -3.78. The minimum Gasteiger partial charge on any atom is -0.370 e. The first kappa shape index (κ1) is 19.2. The minimum absolute atomic E-state index is 0.0940. The fourth-order valence-corrected chi connectivity index (χ4v) is 3.78. The Labute approximate surface area is 179 Å². The molecule has 3 aromatic heterocycles. The van der Waals surface area contributed by atoms with Gasteiger partial charge in [0, 0.05) is 50.0 Å². The highest BCUT2D eigenvalue weighted by Gasteiger charge is 2.25. The summed E-state index contributed by atoms with van der Waals surface area (Å²) in [5.41, 5.74) is 3.50. The number of nitrogens with zero attached hydrogens (tertiary/aromatic N) is 6. The van der Waals surface area contributed by atoms with Crippen molar-refractivity contribution in [2.75, 3.05) is 24.6 Å². The second-order valence-corrected chi connectivity index (χ2v) is 7.42. The minimum atomic E-state index is -0.109. The van der Waals surface area contributed by atoms with Gasteiger partial charge in [0.2, 0.25) is 5.95 Å². The molecule has 5 rings (SSSR count). The van der Waals surface area contributed by atoms with E-state index in [1.54, 1.807) is 36.3 Å². The standard InChI is InChI=1S/C23H22N6O2/c1-27-22(30)15-20(17-7-10-24-11-8-17)26-23(27)28-13-14-31-21(16-28)18-3-5-19(6-4-18)29-12-2-9-25-29/h2-12,15,21H,13-14,16H2,1H3. The molecule has 0 radical (unpaired) electrons. The van der Waals surface area contributed by atoms with Crippen LogP contribution in [0.3, 0.4) is 0 Å². The average Bonchev–Trinajstić information content (AvgIpc) is 3.37. The average molecular weight is 414 g/mol. The molecule has 0 saturated carbocycles. The van der Waals surface area contributed by atoms with Gasteiger partial charge in [-0.3, -0.25) is 14.3 Å². The van der Waals surface area contributed by atoms with Gasteiger partial charge in [-0.1, -0.05) is 12.1 Å². The van der Waals surface area contributed by atoms with Crippen LogP contribution in [-0.4, -0.2) is 44.0 Å². The number of benzene rings is 1. The Morgan fingerprint density at radius 3 is 2.61 bits per heavy atom. The van der Waals surface area contributed by atoms with Gasteiger partial charge in [0.05, 0.1) is 24.5 Å². The zero-order valence-corrected chi connectivity index (χ0v) is 17.1. The van der Waals surface area contributed by atoms with Crippen molar-refractivity contribution < 1.29 is 4.74 Å². The molecule has 31 heavy (non-hydrogen) atoms. The summed E-state index contributed by atoms with van der Waals surface area (Å²) < 4.78 is 9.46. The van der Waals surface area contributed by atoms with Gasteiger partial charge in [-0.05, 0) is 35.9 Å². The summed E-state index contributed by atoms with van der Waals surface area (Å²) in [4.78, 5) is 23.6. The van der Waals surface area contributed by atoms with Crippen LogP contribution in [-0.2, 0) is 11.8 Å². The molecule has 4 heterocycles. The number of rotatable bonds is 4. The maximum atomic E-state index is 12.6. The Morgan fingerprint density at radius 1 is 1.06 bits per heavy atom. The second kappa shape index (κ2) is 8.16. The predicted octanol–water partition coefficient (Wildman–Crippen LogP) is 2.61. The summed E-state index contributed by atoms with van der Waals surface area (Å²) in [7, 11) is 1.75. The van der Waals surface area contributed by atoms with Crippen molar-refractivity contribution in [3.05, 3.63) is 89.2 Å². The van der Waals surface area contributed by atoms with E-state index in [2.05, 4.69) is 27.1 Å². The van der Waals surface area contributed by atoms with E-state index in [-0.39, 0.29) is 11.7 Å². The fraction of sp³-hybridized carbons (Fsp3) is 0.217. The van der Waals surface area contributed by atoms with Gasteiger partial charge in [0.1, 0.15) is 6.10 Å². The number of aromatic nitrogens is 5. The lowest BCUT2D eigenvalue weighted by molar-refractivity contribution is 0.0390. The molecule has 0 aliphatic carbocycles. The Kier molecular flexibility index (Phi) is 5.05. The van der Waals surface area contributed by atoms with Crippen molar-refractivity contribution in [2.24, 2.45) is 7.05 Å². The van der Waals surface area contributed by atoms with Gasteiger partial charge in [0.25, 0.3) is 5.56 Å². The molecule has 1 aromatic carbocycles. The van der Waals surface area contributed by atoms with E-state index in [0.29, 0.717) is 31.3 Å². The summed E-state index contributed by atoms with van der Waals surface area (Å²) in [6.45, 7) is 1.84. The normalized spacial score (nSPS) is 16.4. The van der Waals surface area contributed by atoms with Crippen LogP contribution in [0.2, 0.25) is 0 Å². The highest BCUT2D eigenvalue weighted by molar-refractivity contribution is 5.59. The van der Waals surface area contributed by atoms with E-state index in [4.69, 9.17) is 9.72 Å². The van der Waals surface area contributed by atoms with Crippen LogP contribution in [0.4, 0.5) is 5.95 Å². The summed E-state index contributed by atoms with van der Waals surface area (Å²) in [6, 6.07) is 15.4. The number of ether oxygens (including phenoxy) is 1. The topological polar surface area (TPSA) is 78.1 Å². The van der Waals surface area contributed by atoms with Gasteiger partial charge >= 0.3 is 0 Å². The molecule has 1 atom stereocenters. The fourth-order valence-electron chi connectivity index (χ4n) is 3.78. The van der Waals surface area contributed by atoms with E-state index >= 15 is 0 Å². The summed E-state index contributed by atoms with van der Waals surface area (Å²) in [5, 5.41) is 4.26. The Balaban J connectivity index is 1.42. The third-order valence-electron chi connectivity index (χ3n) is 5.47. The predicted molar refractivity (Wildman–Crippen MR) is 117 cm³/mol. The van der Waals surface area contributed by atoms with Crippen molar-refractivity contribution in [3.63, 3.8) is 0 Å². The van der Waals surface area contributed by atoms with E-state index < -0.39 is 0 Å². The maximum absolute atomic E-state index is 12.6. The molecule has 1 aliphatic rings. The third kappa shape index (κ3) is 3.85. The first-order valence-electron chi connectivity index (χ1n) is 10.1. The molecule has 1 aliphatic heterocycles. The van der Waals surface area contributed by atoms with E-state index in [9.17, 15) is 4.79 Å². The first-order chi connectivity index (χ1) is 15.2. The SMILES string of the molecule is Cn1c(N2CCOC(c3ccc(-n4cccn4)cc3)C2)nc(-c2ccncc2)cc1=O. The molecule has 0 spiro atoms. The molecule has 1 unspecified atom stereocenters. The van der Waals surface area contributed by atoms with Crippen molar-refractivity contribution in [1.82, 2.24) is 24.3 Å². The molecule has 4 aromatic rings. The summed E-state index contributed by atoms with van der Waals surface area (Å²) >= 11 is 0. The van der Waals surface area contributed by atoms with Crippen LogP contribution in [0.25, 0.3) is 16.9 Å². The molecule has 0 bridgehead atoms. The lowest BCUT2D eigenvalue weighted by Crippen LogP contribution is -2.41. The van der Waals surface area contributed by atoms with Crippen LogP contribution >= 0.6 is 0 Å². The quantitative estimate of drug-likeness (QED) is 0.511. The highest BCUT2D eigenvalue weighted by Crippen LogP contribution is 2.26. The monoisotopic (exact) mass is 414 g/mol.